The van der Waals surface area contributed by atoms with Gasteiger partial charge in [0.05, 0.1) is 6.33 Å². The maximum atomic E-state index is 11.3. The van der Waals surface area contributed by atoms with E-state index in [1.807, 2.05) is 0 Å². The van der Waals surface area contributed by atoms with Crippen molar-refractivity contribution in [1.82, 2.24) is 9.55 Å². The number of nitrogens with two attached hydrogens (primary N) is 1. The van der Waals surface area contributed by atoms with Gasteiger partial charge in [-0.15, -0.1) is 0 Å². The van der Waals surface area contributed by atoms with Gasteiger partial charge in [-0.25, -0.2) is 4.98 Å². The molecule has 0 aliphatic heterocycles. The van der Waals surface area contributed by atoms with E-state index in [1.165, 1.54) is 23.2 Å². The molecular formula is C10H17N3O. The van der Waals surface area contributed by atoms with Crippen LogP contribution in [0.3, 0.4) is 0 Å². The molecule has 1 unspecified atom stereocenters. The van der Waals surface area contributed by atoms with Crippen LogP contribution in [-0.2, 0) is 6.54 Å². The van der Waals surface area contributed by atoms with Crippen LogP contribution in [0.1, 0.15) is 20.8 Å². The maximum Gasteiger partial charge on any atom is 0.253 e. The highest BCUT2D eigenvalue weighted by Crippen LogP contribution is 2.17. The minimum atomic E-state index is -0.0558. The Morgan fingerprint density at radius 3 is 2.71 bits per heavy atom. The van der Waals surface area contributed by atoms with Gasteiger partial charge in [0, 0.05) is 24.8 Å². The third-order valence-electron chi connectivity index (χ3n) is 2.30. The van der Waals surface area contributed by atoms with Crippen molar-refractivity contribution >= 4 is 0 Å². The van der Waals surface area contributed by atoms with Gasteiger partial charge in [-0.05, 0) is 5.41 Å². The third-order valence-corrected chi connectivity index (χ3v) is 2.30. The summed E-state index contributed by atoms with van der Waals surface area (Å²) in [5.41, 5.74) is 5.90. The summed E-state index contributed by atoms with van der Waals surface area (Å²) in [5, 5.41) is 0. The molecule has 0 amide bonds. The molecule has 0 saturated carbocycles. The van der Waals surface area contributed by atoms with Gasteiger partial charge in [0.2, 0.25) is 0 Å². The second-order valence-corrected chi connectivity index (χ2v) is 4.54. The molecule has 1 heterocycles. The number of nitrogens with zero attached hydrogens (tertiary/aromatic N) is 2. The Kier molecular flexibility index (Phi) is 3.06. The number of hydrogen-bond acceptors (Lipinski definition) is 3. The van der Waals surface area contributed by atoms with E-state index in [-0.39, 0.29) is 17.0 Å². The second-order valence-electron chi connectivity index (χ2n) is 4.54. The van der Waals surface area contributed by atoms with Gasteiger partial charge >= 0.3 is 0 Å². The van der Waals surface area contributed by atoms with Crippen LogP contribution in [0.15, 0.2) is 23.4 Å². The lowest BCUT2D eigenvalue weighted by Crippen LogP contribution is -2.41. The predicted octanol–water partition coefficient (Wildman–Crippen LogP) is 0.617. The van der Waals surface area contributed by atoms with E-state index in [0.29, 0.717) is 6.54 Å². The Morgan fingerprint density at radius 2 is 2.21 bits per heavy atom. The highest BCUT2D eigenvalue weighted by Gasteiger charge is 2.20. The molecule has 0 saturated heterocycles. The lowest BCUT2D eigenvalue weighted by molar-refractivity contribution is 0.288. The van der Waals surface area contributed by atoms with Crippen molar-refractivity contribution in [1.29, 1.82) is 0 Å². The summed E-state index contributed by atoms with van der Waals surface area (Å²) < 4.78 is 1.54. The zero-order chi connectivity index (χ0) is 10.8. The van der Waals surface area contributed by atoms with Crippen molar-refractivity contribution in [2.24, 2.45) is 11.1 Å². The zero-order valence-electron chi connectivity index (χ0n) is 8.90. The average molecular weight is 195 g/mol. The van der Waals surface area contributed by atoms with Crippen LogP contribution in [0.2, 0.25) is 0 Å². The summed E-state index contributed by atoms with van der Waals surface area (Å²) in [4.78, 5) is 15.2. The summed E-state index contributed by atoms with van der Waals surface area (Å²) in [7, 11) is 0. The van der Waals surface area contributed by atoms with Crippen LogP contribution in [0.25, 0.3) is 0 Å². The van der Waals surface area contributed by atoms with E-state index < -0.39 is 0 Å². The fourth-order valence-electron chi connectivity index (χ4n) is 1.00. The first-order valence-corrected chi connectivity index (χ1v) is 4.67. The van der Waals surface area contributed by atoms with Crippen LogP contribution in [-0.4, -0.2) is 15.6 Å². The average Bonchev–Trinajstić information content (AvgIpc) is 2.07. The highest BCUT2D eigenvalue weighted by molar-refractivity contribution is 4.85. The Labute approximate surface area is 83.8 Å². The SMILES string of the molecule is CC(C)(C)C(N)Cn1cnccc1=O. The molecule has 4 heteroatoms. The van der Waals surface area contributed by atoms with Crippen LogP contribution in [0, 0.1) is 5.41 Å². The van der Waals surface area contributed by atoms with Crippen molar-refractivity contribution < 1.29 is 0 Å². The molecule has 2 N–H and O–H groups in total. The summed E-state index contributed by atoms with van der Waals surface area (Å²) in [6, 6.07) is 1.39. The van der Waals surface area contributed by atoms with E-state index in [9.17, 15) is 4.79 Å². The smallest absolute Gasteiger partial charge is 0.253 e. The molecule has 0 aliphatic rings. The molecule has 0 fully saturated rings. The molecule has 1 aromatic heterocycles. The summed E-state index contributed by atoms with van der Waals surface area (Å²) >= 11 is 0. The van der Waals surface area contributed by atoms with E-state index in [4.69, 9.17) is 5.73 Å². The molecule has 0 aromatic carbocycles. The fourth-order valence-corrected chi connectivity index (χ4v) is 1.00. The van der Waals surface area contributed by atoms with Crippen molar-refractivity contribution in [3.63, 3.8) is 0 Å². The minimum Gasteiger partial charge on any atom is -0.326 e. The van der Waals surface area contributed by atoms with Crippen LogP contribution >= 0.6 is 0 Å². The lowest BCUT2D eigenvalue weighted by Gasteiger charge is -2.27. The van der Waals surface area contributed by atoms with E-state index in [2.05, 4.69) is 25.8 Å². The minimum absolute atomic E-state index is 0.00468. The van der Waals surface area contributed by atoms with Gasteiger partial charge in [0.1, 0.15) is 0 Å². The van der Waals surface area contributed by atoms with Gasteiger partial charge in [-0.2, -0.15) is 0 Å². The predicted molar refractivity (Wildman–Crippen MR) is 55.9 cm³/mol. The quantitative estimate of drug-likeness (QED) is 0.752. The monoisotopic (exact) mass is 195 g/mol. The number of rotatable bonds is 2. The normalized spacial score (nSPS) is 14.0. The number of hydrogen-bond donors (Lipinski definition) is 1. The van der Waals surface area contributed by atoms with E-state index >= 15 is 0 Å². The summed E-state index contributed by atoms with van der Waals surface area (Å²) in [5.74, 6) is 0. The molecule has 0 aliphatic carbocycles. The number of aromatic nitrogens is 2. The van der Waals surface area contributed by atoms with Gasteiger partial charge < -0.3 is 5.73 Å². The van der Waals surface area contributed by atoms with Gasteiger partial charge in [0.15, 0.2) is 0 Å². The molecule has 0 bridgehead atoms. The standard InChI is InChI=1S/C10H17N3O/c1-10(2,3)8(11)6-13-7-12-5-4-9(13)14/h4-5,7-8H,6,11H2,1-3H3. The van der Waals surface area contributed by atoms with Crippen LogP contribution in [0.5, 0.6) is 0 Å². The summed E-state index contributed by atoms with van der Waals surface area (Å²) in [6.07, 6.45) is 3.01. The Bertz CT molecular complexity index is 351. The topological polar surface area (TPSA) is 60.9 Å². The van der Waals surface area contributed by atoms with Crippen molar-refractivity contribution in [3.8, 4) is 0 Å². The molecule has 1 rings (SSSR count). The van der Waals surface area contributed by atoms with E-state index in [0.717, 1.165) is 0 Å². The first-order valence-electron chi connectivity index (χ1n) is 4.67. The maximum absolute atomic E-state index is 11.3. The summed E-state index contributed by atoms with van der Waals surface area (Å²) in [6.45, 7) is 6.67. The molecular weight excluding hydrogens is 178 g/mol. The van der Waals surface area contributed by atoms with Gasteiger partial charge in [-0.1, -0.05) is 20.8 Å². The fraction of sp³-hybridized carbons (Fsp3) is 0.600. The lowest BCUT2D eigenvalue weighted by atomic mass is 9.87. The third kappa shape index (κ3) is 2.67. The zero-order valence-corrected chi connectivity index (χ0v) is 8.90. The largest absolute Gasteiger partial charge is 0.326 e. The molecule has 4 nitrogen and oxygen atoms in total. The molecule has 1 atom stereocenters. The molecule has 14 heavy (non-hydrogen) atoms. The molecule has 0 radical (unpaired) electrons. The Balaban J connectivity index is 2.80. The van der Waals surface area contributed by atoms with Crippen molar-refractivity contribution in [3.05, 3.63) is 28.9 Å². The van der Waals surface area contributed by atoms with Crippen molar-refractivity contribution in [2.75, 3.05) is 0 Å². The Morgan fingerprint density at radius 1 is 1.57 bits per heavy atom. The van der Waals surface area contributed by atoms with E-state index in [1.54, 1.807) is 0 Å². The Hall–Kier alpha value is -1.16. The first kappa shape index (κ1) is 10.9. The van der Waals surface area contributed by atoms with Gasteiger partial charge in [-0.3, -0.25) is 9.36 Å². The van der Waals surface area contributed by atoms with Crippen LogP contribution < -0.4 is 11.3 Å². The molecule has 0 spiro atoms. The van der Waals surface area contributed by atoms with Gasteiger partial charge in [0.25, 0.3) is 5.56 Å². The van der Waals surface area contributed by atoms with Crippen LogP contribution in [0.4, 0.5) is 0 Å². The van der Waals surface area contributed by atoms with Crippen molar-refractivity contribution in [2.45, 2.75) is 33.4 Å². The molecule has 78 valence electrons. The first-order chi connectivity index (χ1) is 6.41. The second kappa shape index (κ2) is 3.92. The highest BCUT2D eigenvalue weighted by atomic mass is 16.1. The molecule has 1 aromatic rings.